The van der Waals surface area contributed by atoms with Gasteiger partial charge in [-0.1, -0.05) is 118 Å². The molecule has 10 fully saturated rings. The molecule has 11 aliphatic carbocycles. The molecule has 0 radical (unpaired) electrons. The highest BCUT2D eigenvalue weighted by atomic mass is 32.1. The van der Waals surface area contributed by atoms with Gasteiger partial charge in [-0.3, -0.25) is 29.0 Å². The predicted octanol–water partition coefficient (Wildman–Crippen LogP) is 27.2. The van der Waals surface area contributed by atoms with Crippen LogP contribution >= 0.6 is 45.3 Å². The number of rotatable bonds is 24. The normalized spacial score (nSPS) is 25.8. The van der Waals surface area contributed by atoms with Gasteiger partial charge in [0.15, 0.2) is 0 Å². The predicted molar refractivity (Wildman–Crippen MR) is 585 cm³/mol. The highest BCUT2D eigenvalue weighted by molar-refractivity contribution is 7.16. The Morgan fingerprint density at radius 3 is 0.822 bits per heavy atom. The number of nitrogens with zero attached hydrogens (tertiary/aromatic N) is 5. The van der Waals surface area contributed by atoms with Gasteiger partial charge in [0, 0.05) is 81.8 Å². The Bertz CT molecular complexity index is 5460. The average Bonchev–Trinajstić information content (AvgIpc) is 1.60. The quantitative estimate of drug-likeness (QED) is 0.0283. The second-order valence-electron chi connectivity index (χ2n) is 48.0. The van der Waals surface area contributed by atoms with Crippen molar-refractivity contribution < 1.29 is 77.7 Å². The van der Waals surface area contributed by atoms with E-state index in [1.165, 1.54) is 116 Å². The lowest BCUT2D eigenvalue weighted by atomic mass is 9.81. The van der Waals surface area contributed by atoms with E-state index in [4.69, 9.17) is 18.9 Å². The van der Waals surface area contributed by atoms with Gasteiger partial charge >= 0.3 is 23.9 Å². The number of aromatic amines is 1. The van der Waals surface area contributed by atoms with Gasteiger partial charge in [0.1, 0.15) is 25.6 Å². The smallest absolute Gasteiger partial charge is 0.348 e. The van der Waals surface area contributed by atoms with Crippen molar-refractivity contribution in [2.75, 3.05) is 19.6 Å². The summed E-state index contributed by atoms with van der Waals surface area (Å²) in [6.45, 7) is 33.2. The van der Waals surface area contributed by atoms with E-state index < -0.39 is 23.9 Å². The van der Waals surface area contributed by atoms with Crippen LogP contribution in [0.25, 0.3) is 0 Å². The average molecular weight is 2080 g/mol. The van der Waals surface area contributed by atoms with Crippen LogP contribution in [0.4, 0.5) is 22.7 Å². The molecule has 0 saturated heterocycles. The van der Waals surface area contributed by atoms with Crippen LogP contribution in [0, 0.1) is 110 Å². The Balaban J connectivity index is 0.000000163. The minimum Gasteiger partial charge on any atom is -0.477 e. The Hall–Kier alpha value is -8.90. The molecule has 0 unspecified atom stereocenters. The molecule has 4 amide bonds. The molecular formula is C119H164N6O17S4. The molecule has 796 valence electrons. The Kier molecular flexibility index (Phi) is 40.9. The lowest BCUT2D eigenvalue weighted by Crippen LogP contribution is -2.47. The molecular weight excluding hydrogens is 1910 g/mol. The maximum atomic E-state index is 14.0. The fraction of sp³-hybridized carbons (Fsp3) is 0.681. The first-order valence-electron chi connectivity index (χ1n) is 55.1. The van der Waals surface area contributed by atoms with Crippen LogP contribution in [0.15, 0.2) is 53.0 Å². The van der Waals surface area contributed by atoms with Crippen LogP contribution in [0.3, 0.4) is 0 Å². The number of ether oxygens (including phenoxy) is 4. The summed E-state index contributed by atoms with van der Waals surface area (Å²) in [6, 6.07) is 8.75. The first-order chi connectivity index (χ1) is 69.3. The number of amides is 4. The summed E-state index contributed by atoms with van der Waals surface area (Å²) in [5.41, 5.74) is 2.38. The van der Waals surface area contributed by atoms with E-state index in [0.717, 1.165) is 198 Å². The zero-order chi connectivity index (χ0) is 105. The number of carboxylic acids is 4. The molecule has 10 saturated carbocycles. The third-order valence-corrected chi connectivity index (χ3v) is 35.1. The van der Waals surface area contributed by atoms with Crippen molar-refractivity contribution in [3.63, 3.8) is 0 Å². The Morgan fingerprint density at radius 2 is 0.589 bits per heavy atom. The summed E-state index contributed by atoms with van der Waals surface area (Å²) < 4.78 is 25.1. The zero-order valence-corrected chi connectivity index (χ0v) is 93.1. The van der Waals surface area contributed by atoms with Crippen molar-refractivity contribution in [2.24, 2.45) is 63.1 Å². The summed E-state index contributed by atoms with van der Waals surface area (Å²) in [4.78, 5) is 135. The summed E-state index contributed by atoms with van der Waals surface area (Å²) in [7, 11) is 0. The number of anilines is 4. The van der Waals surface area contributed by atoms with Crippen molar-refractivity contribution in [2.45, 2.75) is 454 Å². The lowest BCUT2D eigenvalue weighted by Gasteiger charge is -2.40. The molecule has 5 N–H and O–H groups in total. The molecule has 0 aromatic carbocycles. The minimum atomic E-state index is -1.04. The molecule has 23 nitrogen and oxygen atoms in total. The molecule has 0 spiro atoms. The number of carboxylic acid groups (broad SMARTS) is 4. The van der Waals surface area contributed by atoms with E-state index in [1.54, 1.807) is 11.0 Å². The number of aromatic nitrogens is 2. The monoisotopic (exact) mass is 2080 g/mol. The largest absolute Gasteiger partial charge is 0.477 e. The van der Waals surface area contributed by atoms with Crippen molar-refractivity contribution in [3.8, 4) is 53.4 Å². The first kappa shape index (κ1) is 114. The fourth-order valence-electron chi connectivity index (χ4n) is 22.8. The van der Waals surface area contributed by atoms with Crippen LogP contribution in [0.5, 0.6) is 6.01 Å². The number of carbonyl (C=O) groups is 8. The third-order valence-electron chi connectivity index (χ3n) is 31.0. The van der Waals surface area contributed by atoms with E-state index in [2.05, 4.69) is 91.1 Å². The number of aromatic carboxylic acids is 4. The van der Waals surface area contributed by atoms with Gasteiger partial charge in [-0.05, 0) is 370 Å². The Morgan fingerprint density at radius 1 is 0.342 bits per heavy atom. The van der Waals surface area contributed by atoms with E-state index in [9.17, 15) is 63.6 Å². The second kappa shape index (κ2) is 52.2. The number of thiophene rings is 4. The summed E-state index contributed by atoms with van der Waals surface area (Å²) in [5, 5.41) is 40.3. The number of carbonyl (C=O) groups excluding carboxylic acids is 4. The molecule has 5 aromatic heterocycles. The van der Waals surface area contributed by atoms with Gasteiger partial charge in [0.05, 0.1) is 78.9 Å². The van der Waals surface area contributed by atoms with Crippen molar-refractivity contribution in [3.05, 3.63) is 97.5 Å². The first-order valence-corrected chi connectivity index (χ1v) is 58.4. The van der Waals surface area contributed by atoms with Gasteiger partial charge in [-0.2, -0.15) is 0 Å². The fourth-order valence-corrected chi connectivity index (χ4v) is 26.1. The van der Waals surface area contributed by atoms with Crippen LogP contribution < -0.4 is 29.9 Å². The molecule has 146 heavy (non-hydrogen) atoms. The maximum Gasteiger partial charge on any atom is 0.348 e. The highest BCUT2D eigenvalue weighted by Gasteiger charge is 2.45. The number of allylic oxidation sites excluding steroid dienone is 2. The van der Waals surface area contributed by atoms with Crippen LogP contribution in [-0.4, -0.2) is 145 Å². The lowest BCUT2D eigenvalue weighted by molar-refractivity contribution is -0.125. The maximum absolute atomic E-state index is 14.0. The molecule has 1 atom stereocenters. The van der Waals surface area contributed by atoms with Crippen molar-refractivity contribution >= 4 is 116 Å². The topological polar surface area (TPSA) is 313 Å². The van der Waals surface area contributed by atoms with E-state index >= 15 is 0 Å². The molecule has 5 heterocycles. The SMILES string of the molecule is CC1=CC[C@@H](C(=O)N(c2cc(C#CC(C)(C)C)sc2C(=O)O)C2CCC(OC3CCCC3)CC2)CC1.CC1CCC(C(=O)N(c2cc(C#CC(C)(C)C)sc2C(=O)O)C2CCC(OC3CCCC3)CC2)CC1.CC1CCC(C(=O)N(c2cc(C#CC(C)(C)C)sc2C(=O)O)C2CCC(OC3CCCC3)CC2)CC1.CC1CCC(C(=O)N(c2cc(C#CC(C)(C)C)sc2C(=O)O)C2CCC(Oc3nccc(=O)[nH]3)CC2)CC1. The molecule has 5 aromatic rings. The van der Waals surface area contributed by atoms with Gasteiger partial charge in [0.25, 0.3) is 11.6 Å². The van der Waals surface area contributed by atoms with E-state index in [0.29, 0.717) is 104 Å². The van der Waals surface area contributed by atoms with Crippen LogP contribution in [-0.2, 0) is 33.4 Å². The van der Waals surface area contributed by atoms with Crippen LogP contribution in [0.2, 0.25) is 0 Å². The standard InChI is InChI=1S/2C30H43NO4S.C30H41NO4S.C29H37N3O5S/c3*1-20-9-11-21(12-10-20)28(32)31(22-13-15-24(16-14-22)35-23-7-5-6-8-23)26-19-25(17-18-30(2,3)4)36-27(26)29(33)34;1-18-5-7-19(8-6-18)26(34)32(23-17-22(13-15-29(2,3)4)38-25(23)27(35)36)20-9-11-21(12-10-20)37-28-30-16-14-24(33)31-28/h2*19-24H,5-16H2,1-4H3,(H,33,34);9,19,21-24H,5-8,10-16H2,1-4H3,(H,33,34);14,16-21H,5-12H2,1-4H3,(H,35,36)(H,30,31,33)/t;;21-,22?,24?;/m..1./s1. The molecule has 27 heteroatoms. The molecule has 11 aliphatic rings. The number of hydrogen-bond donors (Lipinski definition) is 5. The minimum absolute atomic E-state index is 0.0101. The van der Waals surface area contributed by atoms with Gasteiger partial charge in [0.2, 0.25) is 23.6 Å². The summed E-state index contributed by atoms with van der Waals surface area (Å²) in [6.07, 6.45) is 47.1. The second-order valence-corrected chi connectivity index (χ2v) is 52.2. The van der Waals surface area contributed by atoms with Gasteiger partial charge in [-0.25, -0.2) is 24.2 Å². The molecule has 0 aliphatic heterocycles. The van der Waals surface area contributed by atoms with E-state index in [-0.39, 0.29) is 149 Å². The Labute approximate surface area is 884 Å². The molecule has 0 bridgehead atoms. The summed E-state index contributed by atoms with van der Waals surface area (Å²) in [5.74, 6) is 23.4. The number of hydrogen-bond acceptors (Lipinski definition) is 18. The number of H-pyrrole nitrogens is 1. The third kappa shape index (κ3) is 33.3. The summed E-state index contributed by atoms with van der Waals surface area (Å²) >= 11 is 4.71. The van der Waals surface area contributed by atoms with E-state index in [1.807, 2.05) is 116 Å². The number of nitrogens with one attached hydrogen (secondary N) is 1. The van der Waals surface area contributed by atoms with Gasteiger partial charge < -0.3 is 59.0 Å². The van der Waals surface area contributed by atoms with Gasteiger partial charge in [-0.15, -0.1) is 45.3 Å². The highest BCUT2D eigenvalue weighted by Crippen LogP contribution is 2.47. The zero-order valence-electron chi connectivity index (χ0n) is 89.8. The van der Waals surface area contributed by atoms with Crippen molar-refractivity contribution in [1.82, 2.24) is 9.97 Å². The van der Waals surface area contributed by atoms with Crippen molar-refractivity contribution in [1.29, 1.82) is 0 Å². The molecule has 16 rings (SSSR count). The van der Waals surface area contributed by atoms with Crippen LogP contribution in [0.1, 0.15) is 445 Å².